The monoisotopic (exact) mass is 283 g/mol. The number of hydrogen-bond acceptors (Lipinski definition) is 4. The third kappa shape index (κ3) is 2.48. The van der Waals surface area contributed by atoms with Crippen molar-refractivity contribution in [3.05, 3.63) is 47.4 Å². The van der Waals surface area contributed by atoms with E-state index in [-0.39, 0.29) is 17.1 Å². The van der Waals surface area contributed by atoms with E-state index in [4.69, 9.17) is 10.8 Å². The van der Waals surface area contributed by atoms with Gasteiger partial charge in [0.2, 0.25) is 0 Å². The number of carbonyl (C=O) groups is 1. The molecular weight excluding hydrogens is 275 g/mol. The van der Waals surface area contributed by atoms with Crippen molar-refractivity contribution in [2.45, 2.75) is 0 Å². The summed E-state index contributed by atoms with van der Waals surface area (Å²) in [5, 5.41) is 11.1. The Bertz CT molecular complexity index is 692. The van der Waals surface area contributed by atoms with Gasteiger partial charge in [0.1, 0.15) is 5.82 Å². The zero-order chi connectivity index (χ0) is 14.9. The maximum Gasteiger partial charge on any atom is 0.337 e. The molecule has 0 atom stereocenters. The van der Waals surface area contributed by atoms with Crippen LogP contribution in [0.5, 0.6) is 0 Å². The number of carboxylic acid groups (broad SMARTS) is 1. The number of aromatic carboxylic acids is 1. The number of nitrogens with zero attached hydrogens (tertiary/aromatic N) is 1. The van der Waals surface area contributed by atoms with Gasteiger partial charge in [-0.25, -0.2) is 22.9 Å². The van der Waals surface area contributed by atoms with E-state index in [2.05, 4.69) is 10.3 Å². The first kappa shape index (κ1) is 13.7. The lowest BCUT2D eigenvalue weighted by Crippen LogP contribution is -2.08. The zero-order valence-electron chi connectivity index (χ0n) is 9.82. The second-order valence-electron chi connectivity index (χ2n) is 3.80. The highest BCUT2D eigenvalue weighted by Gasteiger charge is 2.16. The molecule has 0 saturated heterocycles. The highest BCUT2D eigenvalue weighted by molar-refractivity contribution is 5.96. The summed E-state index contributed by atoms with van der Waals surface area (Å²) in [7, 11) is 0. The van der Waals surface area contributed by atoms with E-state index in [1.165, 1.54) is 0 Å². The first-order valence-electron chi connectivity index (χ1n) is 5.29. The van der Waals surface area contributed by atoms with Gasteiger partial charge in [0.15, 0.2) is 17.5 Å². The molecule has 0 saturated carbocycles. The smallest absolute Gasteiger partial charge is 0.337 e. The van der Waals surface area contributed by atoms with Gasteiger partial charge in [0.05, 0.1) is 16.9 Å². The van der Waals surface area contributed by atoms with E-state index in [0.29, 0.717) is 12.1 Å². The topological polar surface area (TPSA) is 88.2 Å². The molecule has 5 nitrogen and oxygen atoms in total. The number of aromatic nitrogens is 1. The van der Waals surface area contributed by atoms with Crippen molar-refractivity contribution in [2.75, 3.05) is 11.1 Å². The van der Waals surface area contributed by atoms with Gasteiger partial charge in [-0.05, 0) is 6.07 Å². The Morgan fingerprint density at radius 1 is 1.30 bits per heavy atom. The van der Waals surface area contributed by atoms with Crippen LogP contribution in [0.4, 0.5) is 30.4 Å². The molecule has 2 rings (SSSR count). The Balaban J connectivity index is 2.46. The van der Waals surface area contributed by atoms with Gasteiger partial charge in [-0.1, -0.05) is 0 Å². The number of halogens is 3. The maximum absolute atomic E-state index is 13.5. The molecule has 0 aliphatic rings. The summed E-state index contributed by atoms with van der Waals surface area (Å²) < 4.78 is 39.5. The van der Waals surface area contributed by atoms with Crippen LogP contribution in [0.15, 0.2) is 24.4 Å². The van der Waals surface area contributed by atoms with Crippen LogP contribution in [0.2, 0.25) is 0 Å². The van der Waals surface area contributed by atoms with Crippen molar-refractivity contribution >= 4 is 23.2 Å². The molecule has 0 spiro atoms. The minimum Gasteiger partial charge on any atom is -0.478 e. The average Bonchev–Trinajstić information content (AvgIpc) is 2.37. The normalized spacial score (nSPS) is 10.3. The van der Waals surface area contributed by atoms with Crippen LogP contribution in [0.1, 0.15) is 10.4 Å². The molecule has 1 aromatic heterocycles. The highest BCUT2D eigenvalue weighted by atomic mass is 19.2. The lowest BCUT2D eigenvalue weighted by molar-refractivity contribution is 0.0698. The summed E-state index contributed by atoms with van der Waals surface area (Å²) >= 11 is 0. The fraction of sp³-hybridized carbons (Fsp3) is 0. The fourth-order valence-electron chi connectivity index (χ4n) is 1.53. The second-order valence-corrected chi connectivity index (χ2v) is 3.80. The molecule has 20 heavy (non-hydrogen) atoms. The molecule has 0 unspecified atom stereocenters. The van der Waals surface area contributed by atoms with Crippen molar-refractivity contribution in [1.82, 2.24) is 4.98 Å². The van der Waals surface area contributed by atoms with Gasteiger partial charge in [0.25, 0.3) is 0 Å². The lowest BCUT2D eigenvalue weighted by Gasteiger charge is -2.11. The van der Waals surface area contributed by atoms with Gasteiger partial charge < -0.3 is 16.2 Å². The third-order valence-corrected chi connectivity index (χ3v) is 2.47. The first-order chi connectivity index (χ1) is 9.40. The molecule has 104 valence electrons. The molecule has 4 N–H and O–H groups in total. The summed E-state index contributed by atoms with van der Waals surface area (Å²) in [5.41, 5.74) is 4.47. The maximum atomic E-state index is 13.5. The van der Waals surface area contributed by atoms with Gasteiger partial charge >= 0.3 is 5.97 Å². The fourth-order valence-corrected chi connectivity index (χ4v) is 1.53. The predicted molar refractivity (Wildman–Crippen MR) is 65.2 cm³/mol. The summed E-state index contributed by atoms with van der Waals surface area (Å²) in [4.78, 5) is 14.6. The van der Waals surface area contributed by atoms with Crippen molar-refractivity contribution in [3.8, 4) is 0 Å². The minimum absolute atomic E-state index is 0.214. The van der Waals surface area contributed by atoms with Crippen molar-refractivity contribution in [3.63, 3.8) is 0 Å². The first-order valence-corrected chi connectivity index (χ1v) is 5.29. The Morgan fingerprint density at radius 2 is 2.00 bits per heavy atom. The summed E-state index contributed by atoms with van der Waals surface area (Å²) in [6, 6.07) is 2.23. The van der Waals surface area contributed by atoms with E-state index in [1.54, 1.807) is 0 Å². The molecule has 0 aliphatic carbocycles. The van der Waals surface area contributed by atoms with E-state index >= 15 is 0 Å². The number of nitrogens with one attached hydrogen (secondary N) is 1. The van der Waals surface area contributed by atoms with Gasteiger partial charge in [0, 0.05) is 18.3 Å². The summed E-state index contributed by atoms with van der Waals surface area (Å²) in [5.74, 6) is -5.24. The minimum atomic E-state index is -1.39. The number of carboxylic acids is 1. The third-order valence-electron chi connectivity index (χ3n) is 2.47. The summed E-state index contributed by atoms with van der Waals surface area (Å²) in [6.07, 6.45) is 1.12. The van der Waals surface area contributed by atoms with Crippen molar-refractivity contribution in [2.24, 2.45) is 0 Å². The Morgan fingerprint density at radius 3 is 2.65 bits per heavy atom. The summed E-state index contributed by atoms with van der Waals surface area (Å²) in [6.45, 7) is 0. The van der Waals surface area contributed by atoms with Crippen LogP contribution in [0.3, 0.4) is 0 Å². The number of pyridine rings is 1. The van der Waals surface area contributed by atoms with Crippen LogP contribution in [0.25, 0.3) is 0 Å². The number of benzene rings is 1. The molecule has 8 heteroatoms. The number of hydrogen-bond donors (Lipinski definition) is 3. The van der Waals surface area contributed by atoms with E-state index in [9.17, 15) is 18.0 Å². The molecule has 0 aliphatic heterocycles. The number of nitrogen functional groups attached to an aromatic ring is 1. The van der Waals surface area contributed by atoms with Gasteiger partial charge in [-0.15, -0.1) is 0 Å². The molecule has 2 aromatic rings. The van der Waals surface area contributed by atoms with Crippen molar-refractivity contribution < 1.29 is 23.1 Å². The molecule has 1 aromatic carbocycles. The zero-order valence-corrected chi connectivity index (χ0v) is 9.82. The molecule has 1 heterocycles. The quantitative estimate of drug-likeness (QED) is 0.753. The van der Waals surface area contributed by atoms with Crippen LogP contribution in [-0.2, 0) is 0 Å². The molecule has 0 fully saturated rings. The average molecular weight is 283 g/mol. The van der Waals surface area contributed by atoms with Crippen LogP contribution < -0.4 is 11.1 Å². The van der Waals surface area contributed by atoms with E-state index in [1.807, 2.05) is 0 Å². The van der Waals surface area contributed by atoms with Gasteiger partial charge in [-0.3, -0.25) is 0 Å². The van der Waals surface area contributed by atoms with Gasteiger partial charge in [-0.2, -0.15) is 0 Å². The Kier molecular flexibility index (Phi) is 3.47. The van der Waals surface area contributed by atoms with Crippen LogP contribution in [0, 0.1) is 17.5 Å². The molecule has 0 radical (unpaired) electrons. The number of anilines is 3. The van der Waals surface area contributed by atoms with Crippen LogP contribution >= 0.6 is 0 Å². The molecular formula is C12H8F3N3O2. The van der Waals surface area contributed by atoms with Crippen LogP contribution in [-0.4, -0.2) is 16.1 Å². The standard InChI is InChI=1S/C12H8F3N3O2/c13-5-3-7(14)9(15)8(4-5)18-11-10(16)6(12(19)20)1-2-17-11/h1-4H,16H2,(H,17,18)(H,19,20). The number of rotatable bonds is 3. The molecule has 0 bridgehead atoms. The largest absolute Gasteiger partial charge is 0.478 e. The highest BCUT2D eigenvalue weighted by Crippen LogP contribution is 2.27. The Labute approximate surface area is 110 Å². The SMILES string of the molecule is Nc1c(C(=O)O)ccnc1Nc1cc(F)cc(F)c1F. The molecule has 0 amide bonds. The van der Waals surface area contributed by atoms with E-state index in [0.717, 1.165) is 12.3 Å². The number of nitrogens with two attached hydrogens (primary N) is 1. The van der Waals surface area contributed by atoms with Crippen molar-refractivity contribution in [1.29, 1.82) is 0 Å². The lowest BCUT2D eigenvalue weighted by atomic mass is 10.2. The van der Waals surface area contributed by atoms with E-state index < -0.39 is 29.1 Å². The second kappa shape index (κ2) is 5.08. The predicted octanol–water partition coefficient (Wildman–Crippen LogP) is 2.52. The Hall–Kier alpha value is -2.77.